The molecule has 6 heteroatoms. The number of halogens is 2. The average Bonchev–Trinajstić information content (AvgIpc) is 2.37. The number of fused-ring (bicyclic) bond motifs is 1. The maximum absolute atomic E-state index is 10.9. The molecule has 21 heavy (non-hydrogen) atoms. The fourth-order valence-corrected chi connectivity index (χ4v) is 2.93. The Morgan fingerprint density at radius 1 is 1.43 bits per heavy atom. The largest absolute Gasteiger partial charge is 0.487 e. The molecule has 1 aromatic rings. The molecule has 0 unspecified atom stereocenters. The normalized spacial score (nSPS) is 13.6. The van der Waals surface area contributed by atoms with Crippen molar-refractivity contribution >= 4 is 35.2 Å². The van der Waals surface area contributed by atoms with Gasteiger partial charge in [0.25, 0.3) is 0 Å². The predicted molar refractivity (Wildman–Crippen MR) is 84.3 cm³/mol. The van der Waals surface area contributed by atoms with Crippen LogP contribution in [0.25, 0.3) is 6.08 Å². The molecule has 1 N–H and O–H groups in total. The second-order valence-electron chi connectivity index (χ2n) is 5.00. The molecular formula is C15H17Cl2NO3. The summed E-state index contributed by atoms with van der Waals surface area (Å²) in [6, 6.07) is 3.44. The van der Waals surface area contributed by atoms with Gasteiger partial charge in [0.2, 0.25) is 0 Å². The smallest absolute Gasteiger partial charge is 0.317 e. The molecule has 0 atom stereocenters. The molecule has 0 bridgehead atoms. The SMILES string of the molecule is CCCN(CC(=O)O)CC1=Cc2cc(Cl)cc(Cl)c2OC1. The van der Waals surface area contributed by atoms with E-state index in [2.05, 4.69) is 0 Å². The van der Waals surface area contributed by atoms with Crippen LogP contribution >= 0.6 is 23.2 Å². The highest BCUT2D eigenvalue weighted by atomic mass is 35.5. The fourth-order valence-electron chi connectivity index (χ4n) is 2.37. The summed E-state index contributed by atoms with van der Waals surface area (Å²) in [6.45, 7) is 3.74. The minimum Gasteiger partial charge on any atom is -0.487 e. The van der Waals surface area contributed by atoms with Gasteiger partial charge in [-0.1, -0.05) is 30.1 Å². The topological polar surface area (TPSA) is 49.8 Å². The monoisotopic (exact) mass is 329 g/mol. The van der Waals surface area contributed by atoms with Gasteiger partial charge >= 0.3 is 5.97 Å². The van der Waals surface area contributed by atoms with Gasteiger partial charge in [-0.25, -0.2) is 0 Å². The number of carboxylic acid groups (broad SMARTS) is 1. The molecule has 0 amide bonds. The first-order valence-electron chi connectivity index (χ1n) is 6.75. The van der Waals surface area contributed by atoms with Crippen LogP contribution in [0.2, 0.25) is 10.0 Å². The van der Waals surface area contributed by atoms with Crippen molar-refractivity contribution < 1.29 is 14.6 Å². The minimum absolute atomic E-state index is 0.0222. The average molecular weight is 330 g/mol. The van der Waals surface area contributed by atoms with Crippen molar-refractivity contribution in [2.24, 2.45) is 0 Å². The summed E-state index contributed by atoms with van der Waals surface area (Å²) in [5, 5.41) is 9.98. The number of carboxylic acids is 1. The standard InChI is InChI=1S/C15H17Cl2NO3/c1-2-3-18(8-14(19)20)7-10-4-11-5-12(16)6-13(17)15(11)21-9-10/h4-6H,2-3,7-9H2,1H3,(H,19,20). The Hall–Kier alpha value is -1.23. The molecule has 2 rings (SSSR count). The lowest BCUT2D eigenvalue weighted by molar-refractivity contribution is -0.138. The van der Waals surface area contributed by atoms with Gasteiger partial charge in [0.1, 0.15) is 12.4 Å². The first kappa shape index (κ1) is 16.1. The summed E-state index contributed by atoms with van der Waals surface area (Å²) >= 11 is 12.1. The van der Waals surface area contributed by atoms with Crippen molar-refractivity contribution in [2.45, 2.75) is 13.3 Å². The van der Waals surface area contributed by atoms with Crippen LogP contribution in [0.1, 0.15) is 18.9 Å². The van der Waals surface area contributed by atoms with Gasteiger partial charge in [-0.05, 0) is 36.7 Å². The number of hydrogen-bond acceptors (Lipinski definition) is 3. The fraction of sp³-hybridized carbons (Fsp3) is 0.400. The van der Waals surface area contributed by atoms with E-state index < -0.39 is 5.97 Å². The zero-order valence-electron chi connectivity index (χ0n) is 11.7. The third-order valence-electron chi connectivity index (χ3n) is 3.12. The van der Waals surface area contributed by atoms with Crippen LogP contribution in [-0.4, -0.2) is 42.2 Å². The molecule has 114 valence electrons. The van der Waals surface area contributed by atoms with Gasteiger partial charge in [-0.2, -0.15) is 0 Å². The number of benzene rings is 1. The van der Waals surface area contributed by atoms with Crippen LogP contribution in [-0.2, 0) is 4.79 Å². The van der Waals surface area contributed by atoms with Crippen LogP contribution < -0.4 is 4.74 Å². The molecule has 0 saturated heterocycles. The van der Waals surface area contributed by atoms with Crippen molar-refractivity contribution in [3.05, 3.63) is 33.3 Å². The van der Waals surface area contributed by atoms with Gasteiger partial charge in [0, 0.05) is 17.1 Å². The van der Waals surface area contributed by atoms with E-state index in [4.69, 9.17) is 33.0 Å². The lowest BCUT2D eigenvalue weighted by Gasteiger charge is -2.24. The van der Waals surface area contributed by atoms with Gasteiger partial charge in [-0.3, -0.25) is 9.69 Å². The minimum atomic E-state index is -0.827. The van der Waals surface area contributed by atoms with E-state index in [0.29, 0.717) is 28.9 Å². The molecule has 1 aliphatic rings. The number of hydrogen-bond donors (Lipinski definition) is 1. The highest BCUT2D eigenvalue weighted by Gasteiger charge is 2.18. The van der Waals surface area contributed by atoms with E-state index in [1.807, 2.05) is 17.9 Å². The number of nitrogens with zero attached hydrogens (tertiary/aromatic N) is 1. The van der Waals surface area contributed by atoms with Crippen molar-refractivity contribution in [1.82, 2.24) is 4.90 Å². The summed E-state index contributed by atoms with van der Waals surface area (Å²) < 4.78 is 5.67. The molecule has 1 aliphatic heterocycles. The highest BCUT2D eigenvalue weighted by Crippen LogP contribution is 2.36. The molecule has 1 aromatic carbocycles. The van der Waals surface area contributed by atoms with E-state index in [1.165, 1.54) is 0 Å². The molecule has 0 saturated carbocycles. The van der Waals surface area contributed by atoms with Crippen LogP contribution in [0.4, 0.5) is 0 Å². The van der Waals surface area contributed by atoms with Gasteiger partial charge in [-0.15, -0.1) is 0 Å². The maximum Gasteiger partial charge on any atom is 0.317 e. The summed E-state index contributed by atoms with van der Waals surface area (Å²) in [5.74, 6) is -0.197. The molecule has 4 nitrogen and oxygen atoms in total. The van der Waals surface area contributed by atoms with E-state index in [9.17, 15) is 4.79 Å². The maximum atomic E-state index is 10.9. The third-order valence-corrected chi connectivity index (χ3v) is 3.62. The number of rotatable bonds is 6. The zero-order chi connectivity index (χ0) is 15.4. The second kappa shape index (κ2) is 7.16. The highest BCUT2D eigenvalue weighted by molar-refractivity contribution is 6.36. The molecule has 0 spiro atoms. The Morgan fingerprint density at radius 3 is 2.86 bits per heavy atom. The summed E-state index contributed by atoms with van der Waals surface area (Å²) in [5.41, 5.74) is 1.84. The zero-order valence-corrected chi connectivity index (χ0v) is 13.2. The quantitative estimate of drug-likeness (QED) is 0.866. The third kappa shape index (κ3) is 4.37. The molecular weight excluding hydrogens is 313 g/mol. The summed E-state index contributed by atoms with van der Waals surface area (Å²) in [6.07, 6.45) is 2.87. The Bertz CT molecular complexity index is 572. The predicted octanol–water partition coefficient (Wildman–Crippen LogP) is 3.57. The molecule has 0 radical (unpaired) electrons. The van der Waals surface area contributed by atoms with Crippen molar-refractivity contribution in [1.29, 1.82) is 0 Å². The second-order valence-corrected chi connectivity index (χ2v) is 5.85. The van der Waals surface area contributed by atoms with E-state index >= 15 is 0 Å². The number of ether oxygens (including phenoxy) is 1. The lowest BCUT2D eigenvalue weighted by atomic mass is 10.1. The van der Waals surface area contributed by atoms with Crippen LogP contribution in [0, 0.1) is 0 Å². The Kier molecular flexibility index (Phi) is 5.51. The molecule has 1 heterocycles. The van der Waals surface area contributed by atoms with Crippen LogP contribution in [0.3, 0.4) is 0 Å². The van der Waals surface area contributed by atoms with Gasteiger partial charge in [0.15, 0.2) is 0 Å². The van der Waals surface area contributed by atoms with E-state index in [0.717, 1.165) is 24.1 Å². The summed E-state index contributed by atoms with van der Waals surface area (Å²) in [7, 11) is 0. The Morgan fingerprint density at radius 2 is 2.19 bits per heavy atom. The molecule has 0 fully saturated rings. The van der Waals surface area contributed by atoms with Crippen LogP contribution in [0.5, 0.6) is 5.75 Å². The molecule has 0 aliphatic carbocycles. The van der Waals surface area contributed by atoms with Crippen molar-refractivity contribution in [3.63, 3.8) is 0 Å². The van der Waals surface area contributed by atoms with E-state index in [-0.39, 0.29) is 6.54 Å². The summed E-state index contributed by atoms with van der Waals surface area (Å²) in [4.78, 5) is 12.8. The number of carbonyl (C=O) groups is 1. The Balaban J connectivity index is 2.17. The van der Waals surface area contributed by atoms with E-state index in [1.54, 1.807) is 12.1 Å². The lowest BCUT2D eigenvalue weighted by Crippen LogP contribution is -2.33. The Labute approximate surface area is 133 Å². The number of aliphatic carboxylic acids is 1. The van der Waals surface area contributed by atoms with Gasteiger partial charge in [0.05, 0.1) is 11.6 Å². The van der Waals surface area contributed by atoms with Crippen molar-refractivity contribution in [3.8, 4) is 5.75 Å². The van der Waals surface area contributed by atoms with Crippen molar-refractivity contribution in [2.75, 3.05) is 26.2 Å². The first-order chi connectivity index (χ1) is 9.99. The molecule has 0 aromatic heterocycles. The van der Waals surface area contributed by atoms with Gasteiger partial charge < -0.3 is 9.84 Å². The van der Waals surface area contributed by atoms with Crippen LogP contribution in [0.15, 0.2) is 17.7 Å². The first-order valence-corrected chi connectivity index (χ1v) is 7.50.